The molecular formula is C42H41F4N9O6. The van der Waals surface area contributed by atoms with E-state index in [0.29, 0.717) is 16.8 Å². The summed E-state index contributed by atoms with van der Waals surface area (Å²) in [5, 5.41) is 26.4. The zero-order valence-corrected chi connectivity index (χ0v) is 33.2. The minimum Gasteiger partial charge on any atom is -0.480 e. The smallest absolute Gasteiger partial charge is 0.434 e. The van der Waals surface area contributed by atoms with Crippen LogP contribution in [0.1, 0.15) is 90.6 Å². The van der Waals surface area contributed by atoms with E-state index in [1.165, 1.54) is 53.4 Å². The van der Waals surface area contributed by atoms with Gasteiger partial charge in [-0.1, -0.05) is 30.3 Å². The zero-order chi connectivity index (χ0) is 43.3. The number of nitrogens with one attached hydrogen (secondary N) is 2. The highest BCUT2D eigenvalue weighted by Gasteiger charge is 2.45. The van der Waals surface area contributed by atoms with E-state index in [1.807, 2.05) is 0 Å². The molecule has 5 heterocycles. The summed E-state index contributed by atoms with van der Waals surface area (Å²) in [4.78, 5) is 59.7. The van der Waals surface area contributed by atoms with Gasteiger partial charge in [0.1, 0.15) is 30.1 Å². The maximum Gasteiger partial charge on any atom is 0.434 e. The quantitative estimate of drug-likeness (QED) is 0.113. The number of carbonyl (C=O) groups is 3. The monoisotopic (exact) mass is 843 g/mol. The number of rotatable bonds is 12. The number of halogens is 4. The highest BCUT2D eigenvalue weighted by atomic mass is 19.4. The highest BCUT2D eigenvalue weighted by Crippen LogP contribution is 2.46. The van der Waals surface area contributed by atoms with Crippen LogP contribution in [0.5, 0.6) is 5.88 Å². The average molecular weight is 844 g/mol. The molecule has 19 heteroatoms. The molecular weight excluding hydrogens is 803 g/mol. The topological polar surface area (TPSA) is 188 Å². The predicted molar refractivity (Wildman–Crippen MR) is 211 cm³/mol. The molecule has 4 N–H and O–H groups in total. The number of aliphatic hydroxyl groups excluding tert-OH is 2. The molecule has 0 bridgehead atoms. The molecule has 5 aromatic rings. The number of carbonyl (C=O) groups excluding carboxylic acids is 3. The Morgan fingerprint density at radius 3 is 2.46 bits per heavy atom. The molecule has 1 aliphatic carbocycles. The fourth-order valence-electron chi connectivity index (χ4n) is 7.87. The van der Waals surface area contributed by atoms with Crippen molar-refractivity contribution in [2.75, 3.05) is 23.9 Å². The number of amides is 3. The van der Waals surface area contributed by atoms with E-state index in [2.05, 4.69) is 30.6 Å². The number of ether oxygens (including phenoxy) is 1. The third-order valence-corrected chi connectivity index (χ3v) is 11.0. The molecule has 1 saturated heterocycles. The number of imidazole rings is 1. The molecule has 2 aromatic carbocycles. The van der Waals surface area contributed by atoms with Crippen LogP contribution in [0.3, 0.4) is 0 Å². The summed E-state index contributed by atoms with van der Waals surface area (Å²) in [5.41, 5.74) is 0.873. The Morgan fingerprint density at radius 1 is 1.03 bits per heavy atom. The molecule has 0 radical (unpaired) electrons. The van der Waals surface area contributed by atoms with Crippen molar-refractivity contribution in [3.05, 3.63) is 101 Å². The molecule has 1 saturated carbocycles. The van der Waals surface area contributed by atoms with Gasteiger partial charge >= 0.3 is 6.18 Å². The van der Waals surface area contributed by atoms with Gasteiger partial charge in [-0.15, -0.1) is 0 Å². The highest BCUT2D eigenvalue weighted by molar-refractivity contribution is 6.05. The van der Waals surface area contributed by atoms with Crippen molar-refractivity contribution in [2.45, 2.75) is 82.7 Å². The molecule has 3 unspecified atom stereocenters. The van der Waals surface area contributed by atoms with Gasteiger partial charge in [0.05, 0.1) is 30.6 Å². The minimum atomic E-state index is -4.65. The summed E-state index contributed by atoms with van der Waals surface area (Å²) in [5.74, 6) is -2.45. The third kappa shape index (κ3) is 7.97. The number of piperidine rings is 1. The number of benzene rings is 2. The molecule has 15 nitrogen and oxygen atoms in total. The standard InChI is InChI=1S/C42H41F4N9O6/c1-21(2)54-18-29(42(44,45)46)51-37(54)24-9-7-22(8-10-24)17-53(27-15-16-47-36(34(27)43)33-35(23-11-12-23)48-20-49-39(33)61-3)19-31(57)50-26-6-4-5-25-32(26)41(60)55(40(25)59)28-13-14-30(56)52-38(28)58/h4-10,15-16,18,20-21,23,28,30,41,56,60H,11-14,17,19H2,1-3H3,(H,50,57)(H,52,58). The maximum absolute atomic E-state index is 17.0. The number of alkyl halides is 3. The van der Waals surface area contributed by atoms with Crippen LogP contribution in [0, 0.1) is 5.82 Å². The number of anilines is 2. The lowest BCUT2D eigenvalue weighted by Crippen LogP contribution is -2.55. The number of pyridine rings is 1. The zero-order valence-electron chi connectivity index (χ0n) is 33.2. The van der Waals surface area contributed by atoms with Crippen LogP contribution in [0.4, 0.5) is 28.9 Å². The number of aliphatic hydroxyl groups is 2. The largest absolute Gasteiger partial charge is 0.480 e. The minimum absolute atomic E-state index is 0.0350. The number of methoxy groups -OCH3 is 1. The molecule has 8 rings (SSSR count). The summed E-state index contributed by atoms with van der Waals surface area (Å²) < 4.78 is 65.0. The van der Waals surface area contributed by atoms with Gasteiger partial charge in [0.25, 0.3) is 5.91 Å². The maximum atomic E-state index is 17.0. The van der Waals surface area contributed by atoms with Crippen molar-refractivity contribution in [3.63, 3.8) is 0 Å². The van der Waals surface area contributed by atoms with Crippen LogP contribution in [0.2, 0.25) is 0 Å². The molecule has 61 heavy (non-hydrogen) atoms. The molecule has 3 aromatic heterocycles. The fourth-order valence-corrected chi connectivity index (χ4v) is 7.87. The number of nitrogens with zero attached hydrogens (tertiary/aromatic N) is 7. The van der Waals surface area contributed by atoms with Crippen LogP contribution in [-0.4, -0.2) is 83.3 Å². The van der Waals surface area contributed by atoms with Crippen LogP contribution in [-0.2, 0) is 22.3 Å². The number of aromatic nitrogens is 5. The number of hydrogen-bond donors (Lipinski definition) is 4. The van der Waals surface area contributed by atoms with Crippen molar-refractivity contribution >= 4 is 29.1 Å². The first-order valence-corrected chi connectivity index (χ1v) is 19.6. The Kier molecular flexibility index (Phi) is 11.0. The summed E-state index contributed by atoms with van der Waals surface area (Å²) in [7, 11) is 1.40. The lowest BCUT2D eigenvalue weighted by atomic mass is 10.0. The van der Waals surface area contributed by atoms with Crippen molar-refractivity contribution < 1.29 is 46.9 Å². The Bertz CT molecular complexity index is 2510. The van der Waals surface area contributed by atoms with Crippen LogP contribution in [0.25, 0.3) is 22.6 Å². The summed E-state index contributed by atoms with van der Waals surface area (Å²) in [6, 6.07) is 10.9. The van der Waals surface area contributed by atoms with Gasteiger partial charge in [-0.25, -0.2) is 19.3 Å². The van der Waals surface area contributed by atoms with E-state index in [1.54, 1.807) is 38.1 Å². The third-order valence-electron chi connectivity index (χ3n) is 11.0. The Labute approximate surface area is 346 Å². The van der Waals surface area contributed by atoms with Crippen LogP contribution >= 0.6 is 0 Å². The first-order chi connectivity index (χ1) is 29.1. The van der Waals surface area contributed by atoms with Gasteiger partial charge < -0.3 is 35.1 Å². The SMILES string of the molecule is COc1ncnc(C2CC2)c1-c1nccc(N(CC(=O)Nc2cccc3c2C(O)N(C2CCC(O)NC2=O)C3=O)Cc2ccc(-c3nc(C(F)(F)F)cn3C(C)C)cc2)c1F. The fraction of sp³-hybridized carbons (Fsp3) is 0.357. The number of fused-ring (bicyclic) bond motifs is 1. The Morgan fingerprint density at radius 2 is 1.79 bits per heavy atom. The number of hydrogen-bond acceptors (Lipinski definition) is 11. The van der Waals surface area contributed by atoms with Crippen molar-refractivity contribution in [2.24, 2.45) is 0 Å². The van der Waals surface area contributed by atoms with Gasteiger partial charge in [0, 0.05) is 53.3 Å². The summed E-state index contributed by atoms with van der Waals surface area (Å²) >= 11 is 0. The first-order valence-electron chi connectivity index (χ1n) is 19.6. The van der Waals surface area contributed by atoms with Gasteiger partial charge in [0.2, 0.25) is 17.7 Å². The molecule has 2 fully saturated rings. The molecule has 318 valence electrons. The Hall–Kier alpha value is -6.47. The van der Waals surface area contributed by atoms with Gasteiger partial charge in [-0.05, 0) is 63.3 Å². The van der Waals surface area contributed by atoms with Gasteiger partial charge in [-0.3, -0.25) is 24.3 Å². The lowest BCUT2D eigenvalue weighted by molar-refractivity contribution is -0.141. The van der Waals surface area contributed by atoms with E-state index >= 15 is 4.39 Å². The van der Waals surface area contributed by atoms with E-state index in [9.17, 15) is 37.8 Å². The predicted octanol–water partition coefficient (Wildman–Crippen LogP) is 5.72. The van der Waals surface area contributed by atoms with Crippen molar-refractivity contribution in [1.82, 2.24) is 34.7 Å². The van der Waals surface area contributed by atoms with Crippen molar-refractivity contribution in [1.29, 1.82) is 0 Å². The lowest BCUT2D eigenvalue weighted by Gasteiger charge is -2.34. The molecule has 3 aliphatic rings. The van der Waals surface area contributed by atoms with E-state index in [4.69, 9.17) is 4.74 Å². The molecule has 0 spiro atoms. The van der Waals surface area contributed by atoms with Gasteiger partial charge in [0.15, 0.2) is 17.7 Å². The van der Waals surface area contributed by atoms with E-state index in [0.717, 1.165) is 23.9 Å². The second-order valence-electron chi connectivity index (χ2n) is 15.4. The molecule has 3 atom stereocenters. The van der Waals surface area contributed by atoms with Crippen LogP contribution in [0.15, 0.2) is 67.3 Å². The summed E-state index contributed by atoms with van der Waals surface area (Å²) in [6.45, 7) is 2.92. The molecule has 3 amide bonds. The Balaban J connectivity index is 1.13. The second kappa shape index (κ2) is 16.2. The first kappa shape index (κ1) is 41.3. The van der Waals surface area contributed by atoms with Crippen LogP contribution < -0.4 is 20.3 Å². The summed E-state index contributed by atoms with van der Waals surface area (Å²) in [6.07, 6.45) is -1.72. The van der Waals surface area contributed by atoms with E-state index in [-0.39, 0.29) is 76.8 Å². The van der Waals surface area contributed by atoms with Gasteiger partial charge in [-0.2, -0.15) is 13.2 Å². The second-order valence-corrected chi connectivity index (χ2v) is 15.4. The molecule has 2 aliphatic heterocycles. The normalized spacial score (nSPS) is 18.9. The average Bonchev–Trinajstić information content (AvgIpc) is 3.91. The van der Waals surface area contributed by atoms with E-state index < -0.39 is 60.5 Å². The van der Waals surface area contributed by atoms with Crippen molar-refractivity contribution in [3.8, 4) is 28.5 Å².